The van der Waals surface area contributed by atoms with Crippen LogP contribution in [-0.4, -0.2) is 23.2 Å². The van der Waals surface area contributed by atoms with E-state index in [0.717, 1.165) is 4.47 Å². The summed E-state index contributed by atoms with van der Waals surface area (Å²) in [5, 5.41) is 2.60. The molecular formula is C11H13BrClF3N2OS. The highest BCUT2D eigenvalue weighted by molar-refractivity contribution is 9.10. The molecule has 1 aromatic rings. The summed E-state index contributed by atoms with van der Waals surface area (Å²) in [6, 6.07) is 6.19. The van der Waals surface area contributed by atoms with Crippen molar-refractivity contribution in [1.82, 2.24) is 0 Å². The molecule has 0 saturated heterocycles. The lowest BCUT2D eigenvalue weighted by Crippen LogP contribution is -3.00. The summed E-state index contributed by atoms with van der Waals surface area (Å²) in [7, 11) is 0. The molecule has 114 valence electrons. The highest BCUT2D eigenvalue weighted by atomic mass is 79.9. The first kappa shape index (κ1) is 19.6. The van der Waals surface area contributed by atoms with Gasteiger partial charge in [0.05, 0.1) is 0 Å². The van der Waals surface area contributed by atoms with Crippen molar-refractivity contribution in [3.63, 3.8) is 0 Å². The molecule has 0 aliphatic heterocycles. The number of rotatable bonds is 5. The summed E-state index contributed by atoms with van der Waals surface area (Å²) in [4.78, 5) is 11.7. The van der Waals surface area contributed by atoms with Crippen LogP contribution in [0.15, 0.2) is 28.7 Å². The molecule has 20 heavy (non-hydrogen) atoms. The number of hydrogen-bond acceptors (Lipinski definition) is 2. The number of benzene rings is 1. The molecule has 0 aromatic heterocycles. The van der Waals surface area contributed by atoms with Gasteiger partial charge >= 0.3 is 5.51 Å². The van der Waals surface area contributed by atoms with Crippen LogP contribution >= 0.6 is 27.7 Å². The Morgan fingerprint density at radius 1 is 1.35 bits per heavy atom. The third-order valence-electron chi connectivity index (χ3n) is 2.21. The minimum absolute atomic E-state index is 0. The van der Waals surface area contributed by atoms with Crippen LogP contribution in [0.5, 0.6) is 0 Å². The smallest absolute Gasteiger partial charge is 0.441 e. The number of nitrogens with one attached hydrogen (secondary N) is 1. The van der Waals surface area contributed by atoms with E-state index in [9.17, 15) is 18.0 Å². The molecule has 4 N–H and O–H groups in total. The lowest BCUT2D eigenvalue weighted by molar-refractivity contribution is -0.402. The van der Waals surface area contributed by atoms with Crippen LogP contribution in [0.4, 0.5) is 18.9 Å². The molecule has 0 aliphatic carbocycles. The van der Waals surface area contributed by atoms with Crippen LogP contribution in [0.2, 0.25) is 0 Å². The number of quaternary nitrogens is 1. The minimum atomic E-state index is -4.26. The SMILES string of the molecule is [Cl-].[NH3+]C(CCSC(F)(F)F)C(=O)Nc1ccc(Br)cc1. The van der Waals surface area contributed by atoms with Crippen molar-refractivity contribution in [3.05, 3.63) is 28.7 Å². The molecule has 1 rings (SSSR count). The molecular weight excluding hydrogens is 381 g/mol. The molecule has 0 saturated carbocycles. The number of carbonyl (C=O) groups is 1. The van der Waals surface area contributed by atoms with E-state index in [1.165, 1.54) is 0 Å². The number of anilines is 1. The first-order chi connectivity index (χ1) is 8.78. The molecule has 0 spiro atoms. The largest absolute Gasteiger partial charge is 1.00 e. The lowest BCUT2D eigenvalue weighted by Gasteiger charge is -2.10. The summed E-state index contributed by atoms with van der Waals surface area (Å²) < 4.78 is 36.7. The number of carbonyl (C=O) groups excluding carboxylic acids is 1. The highest BCUT2D eigenvalue weighted by Crippen LogP contribution is 2.30. The van der Waals surface area contributed by atoms with Gasteiger partial charge in [-0.25, -0.2) is 0 Å². The number of halogens is 5. The minimum Gasteiger partial charge on any atom is -1.00 e. The number of hydrogen-bond donors (Lipinski definition) is 2. The van der Waals surface area contributed by atoms with Crippen molar-refractivity contribution in [3.8, 4) is 0 Å². The third kappa shape index (κ3) is 7.98. The van der Waals surface area contributed by atoms with Gasteiger partial charge in [0.25, 0.3) is 5.91 Å². The monoisotopic (exact) mass is 392 g/mol. The van der Waals surface area contributed by atoms with E-state index in [1.807, 2.05) is 0 Å². The van der Waals surface area contributed by atoms with E-state index in [4.69, 9.17) is 0 Å². The van der Waals surface area contributed by atoms with E-state index in [-0.39, 0.29) is 42.2 Å². The fourth-order valence-electron chi connectivity index (χ4n) is 1.23. The molecule has 0 radical (unpaired) electrons. The average molecular weight is 394 g/mol. The van der Waals surface area contributed by atoms with Crippen molar-refractivity contribution in [1.29, 1.82) is 0 Å². The fraction of sp³-hybridized carbons (Fsp3) is 0.364. The van der Waals surface area contributed by atoms with Crippen molar-refractivity contribution in [2.75, 3.05) is 11.1 Å². The second-order valence-electron chi connectivity index (χ2n) is 3.78. The maximum atomic E-state index is 11.9. The van der Waals surface area contributed by atoms with Crippen LogP contribution in [0, 0.1) is 0 Å². The first-order valence-corrected chi connectivity index (χ1v) is 7.16. The zero-order valence-corrected chi connectivity index (χ0v) is 13.4. The maximum absolute atomic E-state index is 11.9. The Hall–Kier alpha value is -0.440. The first-order valence-electron chi connectivity index (χ1n) is 5.38. The Morgan fingerprint density at radius 3 is 2.40 bits per heavy atom. The quantitative estimate of drug-likeness (QED) is 0.718. The van der Waals surface area contributed by atoms with Crippen LogP contribution in [-0.2, 0) is 4.79 Å². The van der Waals surface area contributed by atoms with Gasteiger partial charge in [-0.3, -0.25) is 4.79 Å². The topological polar surface area (TPSA) is 56.7 Å². The lowest BCUT2D eigenvalue weighted by atomic mass is 10.2. The molecule has 0 bridgehead atoms. The molecule has 1 aromatic carbocycles. The Morgan fingerprint density at radius 2 is 1.90 bits per heavy atom. The molecule has 0 aliphatic rings. The number of thioether (sulfide) groups is 1. The van der Waals surface area contributed by atoms with E-state index in [0.29, 0.717) is 5.69 Å². The molecule has 9 heteroatoms. The van der Waals surface area contributed by atoms with Crippen molar-refractivity contribution in [2.45, 2.75) is 18.0 Å². The van der Waals surface area contributed by atoms with E-state index >= 15 is 0 Å². The van der Waals surface area contributed by atoms with Gasteiger partial charge in [0, 0.05) is 22.3 Å². The predicted octanol–water partition coefficient (Wildman–Crippen LogP) is -0.355. The maximum Gasteiger partial charge on any atom is 0.441 e. The zero-order chi connectivity index (χ0) is 14.5. The summed E-state index contributed by atoms with van der Waals surface area (Å²) in [6.07, 6.45) is 0.0759. The Labute approximate surface area is 133 Å². The van der Waals surface area contributed by atoms with Gasteiger partial charge in [0.2, 0.25) is 0 Å². The van der Waals surface area contributed by atoms with Gasteiger partial charge in [-0.1, -0.05) is 27.7 Å². The summed E-state index contributed by atoms with van der Waals surface area (Å²) >= 11 is 3.12. The van der Waals surface area contributed by atoms with Crippen molar-refractivity contribution in [2.24, 2.45) is 0 Å². The van der Waals surface area contributed by atoms with Crippen LogP contribution in [0.1, 0.15) is 6.42 Å². The van der Waals surface area contributed by atoms with E-state index in [1.54, 1.807) is 24.3 Å². The summed E-state index contributed by atoms with van der Waals surface area (Å²) in [6.45, 7) is 0. The zero-order valence-electron chi connectivity index (χ0n) is 10.2. The third-order valence-corrected chi connectivity index (χ3v) is 3.51. The Balaban J connectivity index is 0.00000361. The standard InChI is InChI=1S/C11H12BrF3N2OS.ClH/c12-7-1-3-8(4-2-7)17-10(18)9(16)5-6-19-11(13,14)15;/h1-4,9H,5-6,16H2,(H,17,18);1H. The van der Waals surface area contributed by atoms with Crippen LogP contribution in [0.3, 0.4) is 0 Å². The van der Waals surface area contributed by atoms with E-state index in [2.05, 4.69) is 27.0 Å². The fourth-order valence-corrected chi connectivity index (χ4v) is 2.12. The van der Waals surface area contributed by atoms with E-state index < -0.39 is 11.6 Å². The van der Waals surface area contributed by atoms with Crippen LogP contribution in [0.25, 0.3) is 0 Å². The Bertz CT molecular complexity index is 431. The predicted molar refractivity (Wildman–Crippen MR) is 72.6 cm³/mol. The highest BCUT2D eigenvalue weighted by Gasteiger charge is 2.29. The molecule has 1 atom stereocenters. The normalized spacial score (nSPS) is 12.4. The van der Waals surface area contributed by atoms with Crippen LogP contribution < -0.4 is 23.5 Å². The molecule has 3 nitrogen and oxygen atoms in total. The summed E-state index contributed by atoms with van der Waals surface area (Å²) in [5.41, 5.74) is -0.104. The second kappa shape index (κ2) is 8.76. The molecule has 1 amide bonds. The van der Waals surface area contributed by atoms with Crippen molar-refractivity contribution >= 4 is 39.3 Å². The molecule has 0 fully saturated rings. The molecule has 1 unspecified atom stereocenters. The number of amides is 1. The van der Waals surface area contributed by atoms with Gasteiger partial charge in [-0.2, -0.15) is 13.2 Å². The average Bonchev–Trinajstić information content (AvgIpc) is 2.30. The van der Waals surface area contributed by atoms with Gasteiger partial charge in [-0.05, 0) is 24.3 Å². The Kier molecular flexibility index (Phi) is 8.57. The summed E-state index contributed by atoms with van der Waals surface area (Å²) in [5.74, 6) is -0.559. The van der Waals surface area contributed by atoms with Gasteiger partial charge < -0.3 is 23.5 Å². The number of alkyl halides is 3. The van der Waals surface area contributed by atoms with Gasteiger partial charge in [0.1, 0.15) is 0 Å². The second-order valence-corrected chi connectivity index (χ2v) is 5.85. The van der Waals surface area contributed by atoms with Gasteiger partial charge in [-0.15, -0.1) is 0 Å². The van der Waals surface area contributed by atoms with Crippen molar-refractivity contribution < 1.29 is 36.1 Å². The van der Waals surface area contributed by atoms with Gasteiger partial charge in [0.15, 0.2) is 6.04 Å². The molecule has 0 heterocycles.